The molecule has 3 aromatic heterocycles. The third-order valence-electron chi connectivity index (χ3n) is 6.29. The number of carbonyl (C=O) groups excluding carboxylic acids is 1. The van der Waals surface area contributed by atoms with Crippen LogP contribution in [0.3, 0.4) is 0 Å². The molecule has 0 spiro atoms. The number of fused-ring (bicyclic) bond motifs is 3. The molecule has 1 aromatic carbocycles. The van der Waals surface area contributed by atoms with Crippen molar-refractivity contribution in [1.29, 1.82) is 0 Å². The summed E-state index contributed by atoms with van der Waals surface area (Å²) in [6.07, 6.45) is 5.44. The van der Waals surface area contributed by atoms with E-state index in [1.54, 1.807) is 41.5 Å². The van der Waals surface area contributed by atoms with Gasteiger partial charge in [0.15, 0.2) is 11.4 Å². The summed E-state index contributed by atoms with van der Waals surface area (Å²) in [7, 11) is 0. The molecule has 0 saturated carbocycles. The fourth-order valence-corrected chi connectivity index (χ4v) is 5.19. The second-order valence-electron chi connectivity index (χ2n) is 8.48. The summed E-state index contributed by atoms with van der Waals surface area (Å²) >= 11 is 1.10. The van der Waals surface area contributed by atoms with Crippen molar-refractivity contribution >= 4 is 55.8 Å². The number of hydrogen-bond donors (Lipinski definition) is 5. The minimum absolute atomic E-state index is 0.0800. The van der Waals surface area contributed by atoms with Gasteiger partial charge in [-0.1, -0.05) is 0 Å². The number of nitrogens with one attached hydrogen (secondary N) is 3. The molecule has 2 aliphatic rings. The Hall–Kier alpha value is -4.27. The van der Waals surface area contributed by atoms with Gasteiger partial charge in [-0.3, -0.25) is 14.5 Å². The number of aromatic amines is 1. The van der Waals surface area contributed by atoms with E-state index in [9.17, 15) is 14.7 Å². The zero-order valence-corrected chi connectivity index (χ0v) is 19.7. The third kappa shape index (κ3) is 3.34. The van der Waals surface area contributed by atoms with E-state index in [1.807, 2.05) is 6.08 Å². The van der Waals surface area contributed by atoms with Gasteiger partial charge in [0.25, 0.3) is 11.5 Å². The molecule has 1 unspecified atom stereocenters. The van der Waals surface area contributed by atoms with E-state index in [2.05, 4.69) is 30.3 Å². The number of morpholine rings is 1. The molecular formula is C22H21N9O4S. The normalized spacial score (nSPS) is 20.9. The first kappa shape index (κ1) is 22.2. The molecular weight excluding hydrogens is 486 g/mol. The first-order valence-electron chi connectivity index (χ1n) is 11.0. The standard InChI is InChI=1S/C22H21N9O4S/c1-22(17(32)19-26-13-3-2-12-16(36-29-18(12)23)15(13)20(33)27-19)21(34)30(8-9-35-22)14-5-7-31(28-14)11-4-6-24-25-10-11/h2-7,10,17,24-25,32H,8-9H2,1H3,(H2,23,29)(H,26,27,33)/t17?,22-/m1/s1. The number of rotatable bonds is 4. The third-order valence-corrected chi connectivity index (χ3v) is 7.19. The molecule has 2 aliphatic heterocycles. The van der Waals surface area contributed by atoms with Crippen molar-refractivity contribution < 1.29 is 14.6 Å². The van der Waals surface area contributed by atoms with E-state index >= 15 is 0 Å². The van der Waals surface area contributed by atoms with Crippen LogP contribution >= 0.6 is 11.5 Å². The van der Waals surface area contributed by atoms with Crippen molar-refractivity contribution in [3.8, 4) is 0 Å². The Labute approximate surface area is 207 Å². The molecule has 5 heterocycles. The lowest BCUT2D eigenvalue weighted by atomic mass is 9.94. The van der Waals surface area contributed by atoms with Crippen molar-refractivity contribution in [3.63, 3.8) is 0 Å². The van der Waals surface area contributed by atoms with Crippen molar-refractivity contribution in [2.24, 2.45) is 0 Å². The van der Waals surface area contributed by atoms with E-state index < -0.39 is 23.2 Å². The van der Waals surface area contributed by atoms with Crippen LogP contribution in [-0.2, 0) is 9.53 Å². The number of aromatic nitrogens is 5. The number of benzene rings is 1. The largest absolute Gasteiger partial charge is 0.382 e. The monoisotopic (exact) mass is 507 g/mol. The van der Waals surface area contributed by atoms with Gasteiger partial charge < -0.3 is 31.4 Å². The first-order valence-corrected chi connectivity index (χ1v) is 11.8. The number of hydrogen-bond acceptors (Lipinski definition) is 11. The van der Waals surface area contributed by atoms with Crippen LogP contribution in [0.25, 0.3) is 26.7 Å². The van der Waals surface area contributed by atoms with E-state index in [-0.39, 0.29) is 19.0 Å². The highest BCUT2D eigenvalue weighted by atomic mass is 32.1. The van der Waals surface area contributed by atoms with E-state index in [1.165, 1.54) is 11.8 Å². The van der Waals surface area contributed by atoms with Crippen molar-refractivity contribution in [2.75, 3.05) is 23.8 Å². The number of anilines is 2. The van der Waals surface area contributed by atoms with Crippen LogP contribution in [0.15, 0.2) is 47.7 Å². The fourth-order valence-electron chi connectivity index (χ4n) is 4.34. The van der Waals surface area contributed by atoms with Gasteiger partial charge in [-0.25, -0.2) is 4.68 Å². The zero-order valence-electron chi connectivity index (χ0n) is 18.9. The molecule has 36 heavy (non-hydrogen) atoms. The molecule has 1 amide bonds. The Morgan fingerprint density at radius 2 is 2.14 bits per heavy atom. The maximum Gasteiger partial charge on any atom is 0.282 e. The number of allylic oxidation sites excluding steroid dienone is 2. The molecule has 1 fully saturated rings. The predicted octanol–water partition coefficient (Wildman–Crippen LogP) is 0.587. The summed E-state index contributed by atoms with van der Waals surface area (Å²) < 4.78 is 12.1. The molecule has 13 nitrogen and oxygen atoms in total. The van der Waals surface area contributed by atoms with Crippen LogP contribution in [0.2, 0.25) is 0 Å². The molecule has 6 rings (SSSR count). The minimum atomic E-state index is -1.71. The molecule has 4 aromatic rings. The van der Waals surface area contributed by atoms with Gasteiger partial charge in [-0.05, 0) is 36.7 Å². The number of hydrazine groups is 1. The topological polar surface area (TPSA) is 176 Å². The molecule has 6 N–H and O–H groups in total. The minimum Gasteiger partial charge on any atom is -0.382 e. The van der Waals surface area contributed by atoms with Gasteiger partial charge in [0.05, 0.1) is 34.5 Å². The van der Waals surface area contributed by atoms with Gasteiger partial charge >= 0.3 is 0 Å². The number of ether oxygens (including phenoxy) is 1. The van der Waals surface area contributed by atoms with Crippen molar-refractivity contribution in [2.45, 2.75) is 18.6 Å². The first-order chi connectivity index (χ1) is 17.4. The number of H-pyrrole nitrogens is 1. The molecule has 184 valence electrons. The second kappa shape index (κ2) is 8.15. The molecule has 0 bridgehead atoms. The molecule has 0 radical (unpaired) electrons. The molecule has 1 saturated heterocycles. The highest BCUT2D eigenvalue weighted by molar-refractivity contribution is 7.14. The van der Waals surface area contributed by atoms with Crippen LogP contribution in [0, 0.1) is 0 Å². The molecule has 0 aliphatic carbocycles. The summed E-state index contributed by atoms with van der Waals surface area (Å²) in [6.45, 7) is 1.88. The second-order valence-corrected chi connectivity index (χ2v) is 9.26. The Balaban J connectivity index is 1.34. The lowest BCUT2D eigenvalue weighted by molar-refractivity contribution is -0.167. The lowest BCUT2D eigenvalue weighted by Crippen LogP contribution is -2.58. The Morgan fingerprint density at radius 1 is 1.28 bits per heavy atom. The number of carbonyl (C=O) groups is 1. The molecule has 2 atom stereocenters. The summed E-state index contributed by atoms with van der Waals surface area (Å²) in [5.41, 5.74) is 10.5. The van der Waals surface area contributed by atoms with Crippen LogP contribution in [0.5, 0.6) is 0 Å². The predicted molar refractivity (Wildman–Crippen MR) is 134 cm³/mol. The smallest absolute Gasteiger partial charge is 0.282 e. The highest BCUT2D eigenvalue weighted by Crippen LogP contribution is 2.35. The average Bonchev–Trinajstić information content (AvgIpc) is 3.53. The van der Waals surface area contributed by atoms with Crippen LogP contribution in [0.1, 0.15) is 18.9 Å². The lowest BCUT2D eigenvalue weighted by Gasteiger charge is -2.40. The van der Waals surface area contributed by atoms with E-state index in [0.717, 1.165) is 17.2 Å². The van der Waals surface area contributed by atoms with Crippen LogP contribution < -0.4 is 27.0 Å². The van der Waals surface area contributed by atoms with Gasteiger partial charge in [0.2, 0.25) is 0 Å². The number of amides is 1. The zero-order chi connectivity index (χ0) is 25.0. The maximum atomic E-state index is 13.6. The van der Waals surface area contributed by atoms with Gasteiger partial charge in [-0.2, -0.15) is 9.36 Å². The van der Waals surface area contributed by atoms with Gasteiger partial charge in [0.1, 0.15) is 17.7 Å². The number of nitrogens with zero attached hydrogens (tertiary/aromatic N) is 5. The highest BCUT2D eigenvalue weighted by Gasteiger charge is 2.49. The summed E-state index contributed by atoms with van der Waals surface area (Å²) in [4.78, 5) is 35.0. The quantitative estimate of drug-likeness (QED) is 0.263. The van der Waals surface area contributed by atoms with E-state index in [4.69, 9.17) is 10.5 Å². The average molecular weight is 508 g/mol. The Bertz CT molecular complexity index is 1640. The van der Waals surface area contributed by atoms with Gasteiger partial charge in [-0.15, -0.1) is 5.10 Å². The summed E-state index contributed by atoms with van der Waals surface area (Å²) in [5, 5.41) is 16.7. The number of nitrogens with two attached hydrogens (primary N) is 1. The van der Waals surface area contributed by atoms with Crippen molar-refractivity contribution in [1.82, 2.24) is 35.0 Å². The SMILES string of the molecule is C[C@]1(C(O)c2nc(=O)c3c(ccc4c(N)nsc43)[nH]2)OCCN(c2ccn(C3=CNNC=C3)n2)C1=O. The summed E-state index contributed by atoms with van der Waals surface area (Å²) in [5.74, 6) is 0.150. The number of aliphatic hydroxyl groups excluding tert-OH is 1. The van der Waals surface area contributed by atoms with E-state index in [0.29, 0.717) is 32.6 Å². The maximum absolute atomic E-state index is 13.6. The van der Waals surface area contributed by atoms with Crippen LogP contribution in [-0.4, -0.2) is 53.9 Å². The summed E-state index contributed by atoms with van der Waals surface area (Å²) in [6, 6.07) is 5.12. The number of nitrogen functional groups attached to an aromatic ring is 1. The Morgan fingerprint density at radius 3 is 2.94 bits per heavy atom. The molecule has 14 heteroatoms. The number of aliphatic hydroxyl groups is 1. The Kier molecular flexibility index (Phi) is 5.03. The van der Waals surface area contributed by atoms with Gasteiger partial charge in [0, 0.05) is 30.0 Å². The van der Waals surface area contributed by atoms with Crippen LogP contribution in [0.4, 0.5) is 11.6 Å². The fraction of sp³-hybridized carbons (Fsp3) is 0.227. The van der Waals surface area contributed by atoms with Crippen molar-refractivity contribution in [3.05, 3.63) is 59.1 Å².